The molecule has 0 aliphatic rings. The number of rotatable bonds is 35. The van der Waals surface area contributed by atoms with Crippen LogP contribution < -0.4 is 4.57 Å². The van der Waals surface area contributed by atoms with Crippen molar-refractivity contribution in [2.45, 2.75) is 232 Å². The van der Waals surface area contributed by atoms with Crippen LogP contribution in [0.5, 0.6) is 0 Å². The van der Waals surface area contributed by atoms with Gasteiger partial charge in [0.15, 0.2) is 0 Å². The third kappa shape index (κ3) is 27.3. The summed E-state index contributed by atoms with van der Waals surface area (Å²) in [7, 11) is 2.15. The second kappa shape index (κ2) is 32.6. The number of aromatic amines is 1. The van der Waals surface area contributed by atoms with Gasteiger partial charge in [0.2, 0.25) is 0 Å². The van der Waals surface area contributed by atoms with Crippen molar-refractivity contribution in [3.05, 3.63) is 18.2 Å². The van der Waals surface area contributed by atoms with Crippen LogP contribution in [0.1, 0.15) is 232 Å². The Morgan fingerprint density at radius 2 is 0.744 bits per heavy atom. The fourth-order valence-electron chi connectivity index (χ4n) is 7.10. The van der Waals surface area contributed by atoms with Gasteiger partial charge in [-0.05, 0) is 12.3 Å². The maximum absolute atomic E-state index is 3.38. The molecule has 1 rings (SSSR count). The normalized spacial score (nSPS) is 12.3. The number of nitrogens with zero attached hydrogens (tertiary/aromatic N) is 1. The molecule has 1 heterocycles. The highest BCUT2D eigenvalue weighted by atomic mass is 15.0. The molecule has 0 bridgehead atoms. The summed E-state index contributed by atoms with van der Waals surface area (Å²) in [6.07, 6.45) is 53.7. The Balaban J connectivity index is 2.05. The van der Waals surface area contributed by atoms with Crippen molar-refractivity contribution in [2.24, 2.45) is 13.0 Å². The summed E-state index contributed by atoms with van der Waals surface area (Å²) >= 11 is 0. The number of hydrogen-bond acceptors (Lipinski definition) is 0. The molecular formula is C41H81N2+. The van der Waals surface area contributed by atoms with Gasteiger partial charge in [-0.25, -0.2) is 9.55 Å². The Hall–Kier alpha value is -0.790. The van der Waals surface area contributed by atoms with Crippen LogP contribution in [-0.2, 0) is 13.5 Å². The van der Waals surface area contributed by atoms with Crippen LogP contribution in [0.15, 0.2) is 12.4 Å². The van der Waals surface area contributed by atoms with E-state index in [1.807, 2.05) is 0 Å². The van der Waals surface area contributed by atoms with Gasteiger partial charge in [-0.1, -0.05) is 219 Å². The number of aryl methyl sites for hydroxylation is 2. The van der Waals surface area contributed by atoms with Gasteiger partial charge in [-0.15, -0.1) is 0 Å². The van der Waals surface area contributed by atoms with E-state index in [1.54, 1.807) is 0 Å². The maximum Gasteiger partial charge on any atom is 0.253 e. The average molecular weight is 602 g/mol. The summed E-state index contributed by atoms with van der Waals surface area (Å²) in [5.74, 6) is 2.39. The van der Waals surface area contributed by atoms with Crippen molar-refractivity contribution in [1.82, 2.24) is 4.98 Å². The lowest BCUT2D eigenvalue weighted by Gasteiger charge is -2.17. The topological polar surface area (TPSA) is 19.7 Å². The molecular weight excluding hydrogens is 520 g/mol. The molecule has 0 aromatic carbocycles. The van der Waals surface area contributed by atoms with E-state index in [0.29, 0.717) is 0 Å². The Morgan fingerprint density at radius 3 is 1.05 bits per heavy atom. The van der Waals surface area contributed by atoms with Gasteiger partial charge in [0.25, 0.3) is 5.82 Å². The molecule has 2 heteroatoms. The highest BCUT2D eigenvalue weighted by Crippen LogP contribution is 2.25. The Morgan fingerprint density at radius 1 is 0.442 bits per heavy atom. The molecule has 0 aliphatic heterocycles. The molecule has 1 N–H and O–H groups in total. The summed E-state index contributed by atoms with van der Waals surface area (Å²) in [6.45, 7) is 4.64. The van der Waals surface area contributed by atoms with Crippen LogP contribution in [0.4, 0.5) is 0 Å². The van der Waals surface area contributed by atoms with E-state index in [4.69, 9.17) is 0 Å². The van der Waals surface area contributed by atoms with Crippen molar-refractivity contribution in [2.75, 3.05) is 0 Å². The van der Waals surface area contributed by atoms with E-state index in [1.165, 1.54) is 224 Å². The molecule has 0 fully saturated rings. The standard InChI is InChI=1S/C41H80N2/c1-4-6-8-10-12-14-15-16-17-18-19-20-21-23-27-31-35-40(34-30-26-22-13-11-9-7-5-2)36-32-28-24-25-29-33-37-41-42-38-39-43(41)3/h38-40H,4-37H2,1-3H3/p+1. The number of H-pyrrole nitrogens is 1. The predicted molar refractivity (Wildman–Crippen MR) is 193 cm³/mol. The van der Waals surface area contributed by atoms with Crippen molar-refractivity contribution in [1.29, 1.82) is 0 Å². The van der Waals surface area contributed by atoms with E-state index in [9.17, 15) is 0 Å². The fourth-order valence-corrected chi connectivity index (χ4v) is 7.10. The van der Waals surface area contributed by atoms with Gasteiger partial charge in [-0.2, -0.15) is 0 Å². The quantitative estimate of drug-likeness (QED) is 0.0590. The third-order valence-corrected chi connectivity index (χ3v) is 10.2. The van der Waals surface area contributed by atoms with Crippen LogP contribution in [0, 0.1) is 5.92 Å². The zero-order valence-electron chi connectivity index (χ0n) is 30.2. The monoisotopic (exact) mass is 602 g/mol. The predicted octanol–water partition coefficient (Wildman–Crippen LogP) is 13.9. The fraction of sp³-hybridized carbons (Fsp3) is 0.927. The molecule has 0 amide bonds. The number of imidazole rings is 1. The molecule has 43 heavy (non-hydrogen) atoms. The lowest BCUT2D eigenvalue weighted by atomic mass is 9.89. The summed E-state index contributed by atoms with van der Waals surface area (Å²) in [6, 6.07) is 0. The maximum atomic E-state index is 3.38. The summed E-state index contributed by atoms with van der Waals surface area (Å²) in [5.41, 5.74) is 0. The van der Waals surface area contributed by atoms with E-state index >= 15 is 0 Å². The third-order valence-electron chi connectivity index (χ3n) is 10.2. The number of nitrogens with one attached hydrogen (secondary N) is 1. The van der Waals surface area contributed by atoms with Gasteiger partial charge >= 0.3 is 0 Å². The van der Waals surface area contributed by atoms with E-state index in [0.717, 1.165) is 5.92 Å². The highest BCUT2D eigenvalue weighted by molar-refractivity contribution is 4.76. The molecule has 1 aromatic rings. The number of hydrogen-bond donors (Lipinski definition) is 1. The summed E-state index contributed by atoms with van der Waals surface area (Å²) in [4.78, 5) is 3.38. The number of unbranched alkanes of at least 4 members (excludes halogenated alkanes) is 27. The van der Waals surface area contributed by atoms with Gasteiger partial charge < -0.3 is 0 Å². The van der Waals surface area contributed by atoms with Crippen LogP contribution in [0.2, 0.25) is 0 Å². The summed E-state index contributed by atoms with van der Waals surface area (Å²) in [5, 5.41) is 0. The second-order valence-electron chi connectivity index (χ2n) is 14.4. The van der Waals surface area contributed by atoms with E-state index in [2.05, 4.69) is 42.8 Å². The first-order chi connectivity index (χ1) is 21.3. The minimum absolute atomic E-state index is 1.01. The smallest absolute Gasteiger partial charge is 0.248 e. The molecule has 0 spiro atoms. The molecule has 254 valence electrons. The highest BCUT2D eigenvalue weighted by Gasteiger charge is 2.09. The lowest BCUT2D eigenvalue weighted by Crippen LogP contribution is -2.30. The van der Waals surface area contributed by atoms with Gasteiger partial charge in [0.1, 0.15) is 12.4 Å². The first-order valence-corrected chi connectivity index (χ1v) is 20.3. The Labute approximate surface area is 272 Å². The lowest BCUT2D eigenvalue weighted by molar-refractivity contribution is -0.677. The van der Waals surface area contributed by atoms with Gasteiger partial charge in [-0.3, -0.25) is 0 Å². The first-order valence-electron chi connectivity index (χ1n) is 20.3. The van der Waals surface area contributed by atoms with Crippen molar-refractivity contribution < 1.29 is 4.57 Å². The van der Waals surface area contributed by atoms with Gasteiger partial charge in [0.05, 0.1) is 7.05 Å². The van der Waals surface area contributed by atoms with Crippen LogP contribution in [0.25, 0.3) is 0 Å². The molecule has 2 nitrogen and oxygen atoms in total. The second-order valence-corrected chi connectivity index (χ2v) is 14.4. The van der Waals surface area contributed by atoms with Crippen molar-refractivity contribution in [3.63, 3.8) is 0 Å². The molecule has 0 saturated heterocycles. The molecule has 0 saturated carbocycles. The summed E-state index contributed by atoms with van der Waals surface area (Å²) < 4.78 is 2.23. The average Bonchev–Trinajstić information content (AvgIpc) is 3.43. The molecule has 1 atom stereocenters. The largest absolute Gasteiger partial charge is 0.253 e. The minimum Gasteiger partial charge on any atom is -0.248 e. The Bertz CT molecular complexity index is 650. The SMILES string of the molecule is CCCCCCCCCCCCCCCCCCC(CCCCCCCCCC)CCCCCCCCc1[nH]cc[n+]1C. The molecule has 0 radical (unpaired) electrons. The molecule has 1 aromatic heterocycles. The Kier molecular flexibility index (Phi) is 30.5. The van der Waals surface area contributed by atoms with Crippen LogP contribution in [-0.4, -0.2) is 4.98 Å². The van der Waals surface area contributed by atoms with Crippen molar-refractivity contribution >= 4 is 0 Å². The molecule has 0 aliphatic carbocycles. The van der Waals surface area contributed by atoms with E-state index < -0.39 is 0 Å². The number of aromatic nitrogens is 2. The zero-order valence-corrected chi connectivity index (χ0v) is 30.2. The van der Waals surface area contributed by atoms with Crippen molar-refractivity contribution in [3.8, 4) is 0 Å². The first kappa shape index (κ1) is 40.2. The zero-order chi connectivity index (χ0) is 30.9. The van der Waals surface area contributed by atoms with Crippen LogP contribution in [0.3, 0.4) is 0 Å². The molecule has 1 unspecified atom stereocenters. The van der Waals surface area contributed by atoms with Gasteiger partial charge in [0, 0.05) is 6.42 Å². The van der Waals surface area contributed by atoms with E-state index in [-0.39, 0.29) is 0 Å². The minimum atomic E-state index is 1.01. The van der Waals surface area contributed by atoms with Crippen LogP contribution >= 0.6 is 0 Å².